The van der Waals surface area contributed by atoms with Crippen LogP contribution >= 0.6 is 37.4 Å². The van der Waals surface area contributed by atoms with E-state index >= 15 is 0 Å². The molecule has 0 rings (SSSR count). The van der Waals surface area contributed by atoms with Crippen LogP contribution < -0.4 is 5.73 Å². The molecule has 0 spiro atoms. The van der Waals surface area contributed by atoms with Gasteiger partial charge in [-0.3, -0.25) is 4.31 Å². The maximum Gasteiger partial charge on any atom is 0.176 e. The van der Waals surface area contributed by atoms with Crippen molar-refractivity contribution in [2.24, 2.45) is 5.73 Å². The van der Waals surface area contributed by atoms with Gasteiger partial charge in [0.25, 0.3) is 0 Å². The standard InChI is InChI=1S/C3H8N2S2.ClH/c1-2-5(7)3(4)6;/h7H,2H2,1H3,(H2,4,6);1H. The van der Waals surface area contributed by atoms with Gasteiger partial charge in [-0.15, -0.1) is 12.4 Å². The van der Waals surface area contributed by atoms with Gasteiger partial charge in [0, 0.05) is 6.54 Å². The topological polar surface area (TPSA) is 29.3 Å². The van der Waals surface area contributed by atoms with Crippen LogP contribution in [0.2, 0.25) is 0 Å². The average molecular weight is 173 g/mol. The second-order valence-corrected chi connectivity index (χ2v) is 1.96. The molecule has 2 nitrogen and oxygen atoms in total. The summed E-state index contributed by atoms with van der Waals surface area (Å²) in [5, 5.41) is 0.325. The summed E-state index contributed by atoms with van der Waals surface area (Å²) in [6, 6.07) is 0. The Morgan fingerprint density at radius 1 is 1.88 bits per heavy atom. The first-order valence-electron chi connectivity index (χ1n) is 1.94. The molecule has 5 heteroatoms. The third-order valence-corrected chi connectivity index (χ3v) is 1.41. The van der Waals surface area contributed by atoms with E-state index in [-0.39, 0.29) is 12.4 Å². The Balaban J connectivity index is 0. The molecule has 0 aliphatic carbocycles. The summed E-state index contributed by atoms with van der Waals surface area (Å²) in [6.07, 6.45) is 0. The number of hydrogen-bond acceptors (Lipinski definition) is 2. The lowest BCUT2D eigenvalue weighted by Gasteiger charge is -2.09. The lowest BCUT2D eigenvalue weighted by Crippen LogP contribution is -2.26. The van der Waals surface area contributed by atoms with E-state index in [9.17, 15) is 0 Å². The van der Waals surface area contributed by atoms with E-state index in [0.29, 0.717) is 5.11 Å². The molecular formula is C3H9ClN2S2. The molecule has 0 aromatic heterocycles. The summed E-state index contributed by atoms with van der Waals surface area (Å²) in [5.74, 6) is 0. The van der Waals surface area contributed by atoms with Crippen LogP contribution in [0.4, 0.5) is 0 Å². The maximum atomic E-state index is 5.13. The molecule has 2 N–H and O–H groups in total. The average Bonchev–Trinajstić information content (AvgIpc) is 1.65. The Morgan fingerprint density at radius 3 is 2.25 bits per heavy atom. The number of thiol groups is 1. The molecule has 0 aliphatic rings. The highest BCUT2D eigenvalue weighted by atomic mass is 35.5. The van der Waals surface area contributed by atoms with Crippen molar-refractivity contribution in [3.63, 3.8) is 0 Å². The first kappa shape index (κ1) is 11.2. The molecule has 0 bridgehead atoms. The van der Waals surface area contributed by atoms with Crippen molar-refractivity contribution in [2.45, 2.75) is 6.92 Å². The molecule has 0 aromatic rings. The molecule has 50 valence electrons. The van der Waals surface area contributed by atoms with Crippen molar-refractivity contribution in [3.05, 3.63) is 0 Å². The molecule has 0 fully saturated rings. The van der Waals surface area contributed by atoms with Gasteiger partial charge in [-0.2, -0.15) is 0 Å². The molecule has 0 atom stereocenters. The summed E-state index contributed by atoms with van der Waals surface area (Å²) in [5.41, 5.74) is 5.13. The van der Waals surface area contributed by atoms with Gasteiger partial charge in [-0.1, -0.05) is 12.8 Å². The van der Waals surface area contributed by atoms with Gasteiger partial charge in [0.05, 0.1) is 0 Å². The third kappa shape index (κ3) is 4.49. The zero-order chi connectivity index (χ0) is 5.86. The van der Waals surface area contributed by atoms with E-state index in [1.807, 2.05) is 6.92 Å². The van der Waals surface area contributed by atoms with Gasteiger partial charge in [0.2, 0.25) is 0 Å². The lowest BCUT2D eigenvalue weighted by atomic mass is 10.8. The second kappa shape index (κ2) is 5.47. The van der Waals surface area contributed by atoms with E-state index < -0.39 is 0 Å². The number of rotatable bonds is 1. The Bertz CT molecular complexity index is 77.7. The fourth-order valence-electron chi connectivity index (χ4n) is 0.156. The van der Waals surface area contributed by atoms with Crippen molar-refractivity contribution < 1.29 is 0 Å². The van der Waals surface area contributed by atoms with Gasteiger partial charge in [-0.05, 0) is 19.1 Å². The minimum Gasteiger partial charge on any atom is -0.375 e. The Kier molecular flexibility index (Phi) is 7.63. The normalized spacial score (nSPS) is 7.25. The highest BCUT2D eigenvalue weighted by molar-refractivity contribution is 7.84. The molecular weight excluding hydrogens is 164 g/mol. The van der Waals surface area contributed by atoms with Crippen molar-refractivity contribution >= 4 is 42.6 Å². The van der Waals surface area contributed by atoms with E-state index in [2.05, 4.69) is 25.0 Å². The van der Waals surface area contributed by atoms with Crippen LogP contribution in [0.15, 0.2) is 0 Å². The molecule has 0 amide bonds. The monoisotopic (exact) mass is 172 g/mol. The molecule has 0 saturated heterocycles. The summed E-state index contributed by atoms with van der Waals surface area (Å²) >= 11 is 8.44. The smallest absolute Gasteiger partial charge is 0.176 e. The maximum absolute atomic E-state index is 5.13. The van der Waals surface area contributed by atoms with E-state index in [0.717, 1.165) is 6.54 Å². The van der Waals surface area contributed by atoms with E-state index in [1.165, 1.54) is 4.31 Å². The SMILES string of the molecule is CCN(S)C(N)=S.Cl. The summed E-state index contributed by atoms with van der Waals surface area (Å²) < 4.78 is 1.50. The number of nitrogens with two attached hydrogens (primary N) is 1. The van der Waals surface area contributed by atoms with Gasteiger partial charge in [-0.25, -0.2) is 0 Å². The zero-order valence-electron chi connectivity index (χ0n) is 4.50. The molecule has 0 aromatic carbocycles. The minimum atomic E-state index is 0. The molecule has 8 heavy (non-hydrogen) atoms. The second-order valence-electron chi connectivity index (χ2n) is 1.05. The molecule has 0 saturated carbocycles. The fraction of sp³-hybridized carbons (Fsp3) is 0.667. The predicted octanol–water partition coefficient (Wildman–Crippen LogP) is 0.819. The number of halogens is 1. The van der Waals surface area contributed by atoms with Gasteiger partial charge < -0.3 is 5.73 Å². The van der Waals surface area contributed by atoms with Crippen LogP contribution in [-0.4, -0.2) is 16.0 Å². The molecule has 0 heterocycles. The Hall–Kier alpha value is 0.330. The predicted molar refractivity (Wildman–Crippen MR) is 45.4 cm³/mol. The highest BCUT2D eigenvalue weighted by Gasteiger charge is 1.91. The van der Waals surface area contributed by atoms with Crippen LogP contribution in [0.25, 0.3) is 0 Å². The van der Waals surface area contributed by atoms with Crippen LogP contribution in [-0.2, 0) is 0 Å². The van der Waals surface area contributed by atoms with Gasteiger partial charge in [0.1, 0.15) is 0 Å². The minimum absolute atomic E-state index is 0. The van der Waals surface area contributed by atoms with Crippen LogP contribution in [0.3, 0.4) is 0 Å². The lowest BCUT2D eigenvalue weighted by molar-refractivity contribution is 0.729. The molecule has 0 unspecified atom stereocenters. The fourth-order valence-corrected chi connectivity index (χ4v) is 0.285. The highest BCUT2D eigenvalue weighted by Crippen LogP contribution is 1.88. The Morgan fingerprint density at radius 2 is 2.25 bits per heavy atom. The zero-order valence-corrected chi connectivity index (χ0v) is 7.02. The van der Waals surface area contributed by atoms with Crippen molar-refractivity contribution in [1.29, 1.82) is 0 Å². The van der Waals surface area contributed by atoms with Crippen molar-refractivity contribution in [2.75, 3.05) is 6.54 Å². The quantitative estimate of drug-likeness (QED) is 0.454. The summed E-state index contributed by atoms with van der Waals surface area (Å²) in [6.45, 7) is 2.67. The van der Waals surface area contributed by atoms with Crippen molar-refractivity contribution in [1.82, 2.24) is 4.31 Å². The Labute approximate surface area is 66.4 Å². The van der Waals surface area contributed by atoms with Gasteiger partial charge >= 0.3 is 0 Å². The number of hydrogen-bond donors (Lipinski definition) is 2. The number of nitrogens with zero attached hydrogens (tertiary/aromatic N) is 1. The van der Waals surface area contributed by atoms with E-state index in [4.69, 9.17) is 5.73 Å². The first-order chi connectivity index (χ1) is 3.18. The molecule has 0 aliphatic heterocycles. The molecule has 0 radical (unpaired) electrons. The van der Waals surface area contributed by atoms with Crippen molar-refractivity contribution in [3.8, 4) is 0 Å². The first-order valence-corrected chi connectivity index (χ1v) is 2.75. The largest absolute Gasteiger partial charge is 0.375 e. The van der Waals surface area contributed by atoms with Crippen LogP contribution in [0.5, 0.6) is 0 Å². The summed E-state index contributed by atoms with van der Waals surface area (Å²) in [7, 11) is 0. The van der Waals surface area contributed by atoms with Gasteiger partial charge in [0.15, 0.2) is 5.11 Å². The van der Waals surface area contributed by atoms with Crippen LogP contribution in [0, 0.1) is 0 Å². The summed E-state index contributed by atoms with van der Waals surface area (Å²) in [4.78, 5) is 0. The van der Waals surface area contributed by atoms with E-state index in [1.54, 1.807) is 0 Å². The third-order valence-electron chi connectivity index (χ3n) is 0.554. The van der Waals surface area contributed by atoms with Crippen LogP contribution in [0.1, 0.15) is 6.92 Å². The number of thiocarbonyl (C=S) groups is 1.